The number of anilines is 3. The van der Waals surface area contributed by atoms with Crippen molar-refractivity contribution in [3.05, 3.63) is 35.9 Å². The molecule has 0 bridgehead atoms. The lowest BCUT2D eigenvalue weighted by atomic mass is 10.0. The van der Waals surface area contributed by atoms with E-state index in [-0.39, 0.29) is 37.8 Å². The van der Waals surface area contributed by atoms with Crippen molar-refractivity contribution in [1.82, 2.24) is 0 Å². The molecule has 1 atom stereocenters. The Kier molecular flexibility index (Phi) is 7.62. The Morgan fingerprint density at radius 3 is 2.38 bits per heavy atom. The number of aromatic amines is 1. The summed E-state index contributed by atoms with van der Waals surface area (Å²) in [6.45, 7) is 7.44. The predicted molar refractivity (Wildman–Crippen MR) is 131 cm³/mol. The smallest absolute Gasteiger partial charge is 0.326 e. The van der Waals surface area contributed by atoms with Gasteiger partial charge in [-0.15, -0.1) is 0 Å². The third kappa shape index (κ3) is 5.22. The second-order valence-corrected chi connectivity index (χ2v) is 12.5. The van der Waals surface area contributed by atoms with E-state index in [0.717, 1.165) is 59.0 Å². The molecule has 2 N–H and O–H groups in total. The number of benzene rings is 1. The fraction of sp³-hybridized carbons (Fsp3) is 0.560. The highest BCUT2D eigenvalue weighted by Gasteiger charge is 2.59. The third-order valence-electron chi connectivity index (χ3n) is 8.06. The molecule has 2 aliphatic carbocycles. The number of aryl methyl sites for hydroxylation is 1. The van der Waals surface area contributed by atoms with E-state index in [1.165, 1.54) is 30.7 Å². The number of aromatic nitrogens is 1. The first-order valence-corrected chi connectivity index (χ1v) is 13.9. The van der Waals surface area contributed by atoms with Gasteiger partial charge in [0, 0.05) is 43.5 Å². The minimum absolute atomic E-state index is 0. The van der Waals surface area contributed by atoms with Crippen LogP contribution in [0.2, 0.25) is 0 Å². The van der Waals surface area contributed by atoms with Crippen molar-refractivity contribution in [2.75, 3.05) is 59.8 Å². The number of fused-ring (bicyclic) bond motifs is 1. The monoisotopic (exact) mass is 575 g/mol. The molecule has 0 spiro atoms. The Labute approximate surface area is 229 Å². The molecule has 4 aliphatic rings. The lowest BCUT2D eigenvalue weighted by Crippen LogP contribution is -3.15. The molecule has 204 valence electrons. The van der Waals surface area contributed by atoms with Gasteiger partial charge in [0.05, 0.1) is 17.9 Å². The summed E-state index contributed by atoms with van der Waals surface area (Å²) in [6.07, 6.45) is 2.53. The predicted octanol–water partition coefficient (Wildman–Crippen LogP) is -4.24. The van der Waals surface area contributed by atoms with Crippen LogP contribution < -0.4 is 48.2 Å². The molecule has 2 aromatic rings. The molecule has 0 amide bonds. The van der Waals surface area contributed by atoms with Crippen LogP contribution in [0.15, 0.2) is 30.3 Å². The number of hydrogen-bond donors (Lipinski definition) is 1. The van der Waals surface area contributed by atoms with Crippen molar-refractivity contribution >= 4 is 27.4 Å². The van der Waals surface area contributed by atoms with Crippen LogP contribution in [0.5, 0.6) is 0 Å². The Balaban J connectivity index is 0.00000160. The van der Waals surface area contributed by atoms with Crippen molar-refractivity contribution in [1.29, 1.82) is 0 Å². The highest BCUT2D eigenvalue weighted by Crippen LogP contribution is 2.51. The van der Waals surface area contributed by atoms with Crippen molar-refractivity contribution < 1.29 is 51.9 Å². The van der Waals surface area contributed by atoms with Crippen LogP contribution in [0, 0.1) is 18.8 Å². The summed E-state index contributed by atoms with van der Waals surface area (Å²) in [5.74, 6) is -1.69. The van der Waals surface area contributed by atoms with E-state index in [1.807, 2.05) is 19.1 Å². The molecular weight excluding hydrogens is 543 g/mol. The van der Waals surface area contributed by atoms with Gasteiger partial charge >= 0.3 is 10.2 Å². The molecule has 1 aromatic carbocycles. The molecule has 7 nitrogen and oxygen atoms in total. The van der Waals surface area contributed by atoms with Gasteiger partial charge in [-0.2, -0.15) is 8.42 Å². The van der Waals surface area contributed by atoms with Crippen LogP contribution in [-0.2, 0) is 10.2 Å². The molecule has 1 aromatic heterocycles. The van der Waals surface area contributed by atoms with Gasteiger partial charge in [0.15, 0.2) is 0 Å². The maximum atomic E-state index is 13.5. The number of piperazine rings is 1. The Morgan fingerprint density at radius 1 is 1.08 bits per heavy atom. The van der Waals surface area contributed by atoms with Crippen LogP contribution in [0.3, 0.4) is 0 Å². The van der Waals surface area contributed by atoms with Crippen molar-refractivity contribution in [3.8, 4) is 11.3 Å². The second kappa shape index (κ2) is 10.0. The van der Waals surface area contributed by atoms with E-state index in [9.17, 15) is 17.2 Å². The zero-order valence-corrected chi connectivity index (χ0v) is 23.3. The first-order chi connectivity index (χ1) is 16.6. The first kappa shape index (κ1) is 28.1. The zero-order chi connectivity index (χ0) is 24.5. The van der Waals surface area contributed by atoms with Gasteiger partial charge in [-0.1, -0.05) is 0 Å². The van der Waals surface area contributed by atoms with E-state index < -0.39 is 22.0 Å². The molecule has 2 aliphatic heterocycles. The maximum Gasteiger partial charge on any atom is 0.326 e. The van der Waals surface area contributed by atoms with E-state index in [0.29, 0.717) is 11.4 Å². The number of alkyl halides is 2. The molecule has 0 radical (unpaired) electrons. The average molecular weight is 577 g/mol. The van der Waals surface area contributed by atoms with Gasteiger partial charge in [0.1, 0.15) is 31.9 Å². The number of H-pyrrole nitrogens is 1. The van der Waals surface area contributed by atoms with Crippen molar-refractivity contribution in [2.45, 2.75) is 32.1 Å². The lowest BCUT2D eigenvalue weighted by Gasteiger charge is -2.28. The normalized spacial score (nSPS) is 23.8. The Bertz CT molecular complexity index is 1270. The largest absolute Gasteiger partial charge is 1.00 e. The molecule has 1 unspecified atom stereocenters. The number of nitrogens with one attached hydrogen (secondary N) is 2. The maximum absolute atomic E-state index is 13.5. The third-order valence-corrected chi connectivity index (χ3v) is 9.85. The van der Waals surface area contributed by atoms with E-state index >= 15 is 0 Å². The van der Waals surface area contributed by atoms with Gasteiger partial charge in [-0.25, -0.2) is 13.8 Å². The fourth-order valence-electron chi connectivity index (χ4n) is 5.44. The molecule has 2 saturated carbocycles. The topological polar surface area (TPSA) is 62.4 Å². The first-order valence-electron chi connectivity index (χ1n) is 12.5. The Morgan fingerprint density at radius 2 is 1.76 bits per heavy atom. The molecule has 1 saturated heterocycles. The molecule has 12 heteroatoms. The Hall–Kier alpha value is -1.88. The van der Waals surface area contributed by atoms with Crippen LogP contribution in [0.1, 0.15) is 24.8 Å². The number of rotatable bonds is 6. The quantitative estimate of drug-likeness (QED) is 0.380. The fourth-order valence-corrected chi connectivity index (χ4v) is 6.90. The minimum Gasteiger partial charge on any atom is -1.00 e. The SMILES string of the molecule is Cc1ccc(N2CC[NH+](CC3CC3)CC2)[nH+]c1-c1ccc2c(c1)N(C)S(=O)(=O)N2CC1CC1(F)F.[Cl-].[Cl-]. The standard InChI is InChI=1S/C25H31F2N5O2S.2ClH/c1-17-3-8-23(31-11-9-30(10-12-31)15-18-4-5-18)28-24(17)19-6-7-21-22(13-19)29(2)35(33,34)32(21)16-20-14-25(20,26)27;;/h3,6-8,13,18,20H,4-5,9-12,14-16H2,1-2H3;2*1H. The highest BCUT2D eigenvalue weighted by molar-refractivity contribution is 7.94. The highest BCUT2D eigenvalue weighted by atomic mass is 35.5. The minimum atomic E-state index is -3.86. The molecule has 6 rings (SSSR count). The van der Waals surface area contributed by atoms with Gasteiger partial charge < -0.3 is 29.7 Å². The van der Waals surface area contributed by atoms with Gasteiger partial charge in [0.25, 0.3) is 11.7 Å². The number of nitrogens with zero attached hydrogens (tertiary/aromatic N) is 3. The van der Waals surface area contributed by atoms with Crippen LogP contribution >= 0.6 is 0 Å². The average Bonchev–Trinajstić information content (AvgIpc) is 3.74. The van der Waals surface area contributed by atoms with Crippen molar-refractivity contribution in [2.24, 2.45) is 11.8 Å². The molecule has 37 heavy (non-hydrogen) atoms. The number of quaternary nitrogens is 1. The van der Waals surface area contributed by atoms with E-state index in [4.69, 9.17) is 0 Å². The number of pyridine rings is 1. The van der Waals surface area contributed by atoms with Gasteiger partial charge in [-0.05, 0) is 49.6 Å². The molecular formula is C25H33Cl2F2N5O2S. The lowest BCUT2D eigenvalue weighted by molar-refractivity contribution is -0.902. The summed E-state index contributed by atoms with van der Waals surface area (Å²) in [5, 5.41) is 0. The van der Waals surface area contributed by atoms with Crippen LogP contribution in [0.25, 0.3) is 11.3 Å². The summed E-state index contributed by atoms with van der Waals surface area (Å²) >= 11 is 0. The van der Waals surface area contributed by atoms with Gasteiger partial charge in [-0.3, -0.25) is 13.5 Å². The summed E-state index contributed by atoms with van der Waals surface area (Å²) in [4.78, 5) is 7.68. The molecule has 3 heterocycles. The summed E-state index contributed by atoms with van der Waals surface area (Å²) in [6, 6.07) is 9.68. The number of halogens is 4. The molecule has 3 fully saturated rings. The summed E-state index contributed by atoms with van der Waals surface area (Å²) in [7, 11) is -2.38. The van der Waals surface area contributed by atoms with Crippen LogP contribution in [-0.4, -0.2) is 60.7 Å². The van der Waals surface area contributed by atoms with E-state index in [1.54, 1.807) is 11.0 Å². The number of hydrogen-bond acceptors (Lipinski definition) is 3. The summed E-state index contributed by atoms with van der Waals surface area (Å²) in [5.41, 5.74) is 3.85. The summed E-state index contributed by atoms with van der Waals surface area (Å²) < 4.78 is 55.4. The van der Waals surface area contributed by atoms with Crippen molar-refractivity contribution in [3.63, 3.8) is 0 Å². The zero-order valence-electron chi connectivity index (χ0n) is 21.0. The second-order valence-electron chi connectivity index (χ2n) is 10.7. The van der Waals surface area contributed by atoms with Crippen LogP contribution in [0.4, 0.5) is 26.0 Å². The van der Waals surface area contributed by atoms with Gasteiger partial charge in [0.2, 0.25) is 0 Å². The van der Waals surface area contributed by atoms with E-state index in [2.05, 4.69) is 22.0 Å².